The highest BCUT2D eigenvalue weighted by Crippen LogP contribution is 2.26. The highest BCUT2D eigenvalue weighted by molar-refractivity contribution is 6.18. The molecular weight excluding hydrogens is 260 g/mol. The Morgan fingerprint density at radius 1 is 1.47 bits per heavy atom. The molecule has 5 nitrogen and oxygen atoms in total. The molecule has 1 aromatic carbocycles. The van der Waals surface area contributed by atoms with Crippen molar-refractivity contribution >= 4 is 17.3 Å². The molecule has 0 spiro atoms. The molecule has 0 radical (unpaired) electrons. The zero-order valence-electron chi connectivity index (χ0n) is 8.40. The number of halogens is 3. The van der Waals surface area contributed by atoms with Gasteiger partial charge in [-0.15, -0.1) is 11.6 Å². The molecule has 0 aliphatic heterocycles. The molecule has 1 rings (SSSR count). The van der Waals surface area contributed by atoms with E-state index in [1.54, 1.807) is 0 Å². The first-order valence-corrected chi connectivity index (χ1v) is 4.99. The third-order valence-corrected chi connectivity index (χ3v) is 2.16. The van der Waals surface area contributed by atoms with Crippen LogP contribution in [0.5, 0.6) is 5.75 Å². The number of hydrogen-bond donors (Lipinski definition) is 1. The van der Waals surface area contributed by atoms with Crippen LogP contribution in [-0.2, 0) is 0 Å². The number of hydrogen-bond acceptors (Lipinski definition) is 4. The average Bonchev–Trinajstić information content (AvgIpc) is 2.28. The topological polar surface area (TPSA) is 72.6 Å². The molecule has 1 N–H and O–H groups in total. The Kier molecular flexibility index (Phi) is 4.59. The van der Waals surface area contributed by atoms with Gasteiger partial charge in [-0.1, -0.05) is 0 Å². The normalized spacial score (nSPS) is 12.2. The zero-order chi connectivity index (χ0) is 13.0. The lowest BCUT2D eigenvalue weighted by molar-refractivity contribution is -0.387. The van der Waals surface area contributed by atoms with E-state index >= 15 is 0 Å². The van der Waals surface area contributed by atoms with Gasteiger partial charge in [0.05, 0.1) is 16.9 Å². The van der Waals surface area contributed by atoms with E-state index < -0.39 is 34.1 Å². The van der Waals surface area contributed by atoms with Gasteiger partial charge < -0.3 is 9.84 Å². The fourth-order valence-electron chi connectivity index (χ4n) is 0.999. The molecule has 1 unspecified atom stereocenters. The summed E-state index contributed by atoms with van der Waals surface area (Å²) in [4.78, 5) is 9.25. The summed E-state index contributed by atoms with van der Waals surface area (Å²) in [5.41, 5.74) is -0.979. The van der Waals surface area contributed by atoms with E-state index in [2.05, 4.69) is 0 Å². The Hall–Kier alpha value is -1.47. The van der Waals surface area contributed by atoms with E-state index in [0.717, 1.165) is 0 Å². The van der Waals surface area contributed by atoms with Gasteiger partial charge >= 0.3 is 5.69 Å². The van der Waals surface area contributed by atoms with Gasteiger partial charge in [0, 0.05) is 6.07 Å². The van der Waals surface area contributed by atoms with Gasteiger partial charge in [0.2, 0.25) is 5.82 Å². The van der Waals surface area contributed by atoms with Gasteiger partial charge in [-0.25, -0.2) is 4.39 Å². The minimum Gasteiger partial charge on any atom is -0.488 e. The van der Waals surface area contributed by atoms with Crippen molar-refractivity contribution in [2.24, 2.45) is 0 Å². The van der Waals surface area contributed by atoms with Crippen LogP contribution >= 0.6 is 11.6 Å². The maximum Gasteiger partial charge on any atom is 0.307 e. The maximum atomic E-state index is 13.2. The van der Waals surface area contributed by atoms with Crippen LogP contribution in [0.4, 0.5) is 14.5 Å². The van der Waals surface area contributed by atoms with Crippen LogP contribution in [0.25, 0.3) is 0 Å². The Morgan fingerprint density at radius 3 is 2.65 bits per heavy atom. The Labute approximate surface area is 99.7 Å². The lowest BCUT2D eigenvalue weighted by Gasteiger charge is -2.10. The van der Waals surface area contributed by atoms with Gasteiger partial charge in [-0.05, 0) is 0 Å². The van der Waals surface area contributed by atoms with E-state index in [-0.39, 0.29) is 12.5 Å². The van der Waals surface area contributed by atoms with Crippen LogP contribution < -0.4 is 4.74 Å². The highest BCUT2D eigenvalue weighted by atomic mass is 35.5. The minimum atomic E-state index is -1.22. The molecular formula is C9H8ClF2NO4. The van der Waals surface area contributed by atoms with Crippen molar-refractivity contribution in [1.29, 1.82) is 0 Å². The van der Waals surface area contributed by atoms with Crippen molar-refractivity contribution < 1.29 is 23.5 Å². The predicted octanol–water partition coefficient (Wildman–Crippen LogP) is 1.85. The van der Waals surface area contributed by atoms with Crippen LogP contribution in [-0.4, -0.2) is 28.6 Å². The summed E-state index contributed by atoms with van der Waals surface area (Å²) >= 11 is 5.27. The number of ether oxygens (including phenoxy) is 1. The van der Waals surface area contributed by atoms with Crippen molar-refractivity contribution in [2.45, 2.75) is 6.10 Å². The molecule has 1 aromatic rings. The molecule has 94 valence electrons. The SMILES string of the molecule is O=[N+]([O-])c1cc(F)c(OCC(O)CCl)cc1F. The third kappa shape index (κ3) is 3.50. The number of nitrogens with zero attached hydrogens (tertiary/aromatic N) is 1. The molecule has 0 fully saturated rings. The van der Waals surface area contributed by atoms with Gasteiger partial charge in [-0.3, -0.25) is 10.1 Å². The predicted molar refractivity (Wildman–Crippen MR) is 55.2 cm³/mol. The maximum absolute atomic E-state index is 13.2. The van der Waals surface area contributed by atoms with E-state index in [4.69, 9.17) is 21.4 Å². The number of benzene rings is 1. The summed E-state index contributed by atoms with van der Waals surface area (Å²) in [6, 6.07) is 0.964. The van der Waals surface area contributed by atoms with E-state index in [1.165, 1.54) is 0 Å². The second kappa shape index (κ2) is 5.74. The molecule has 0 saturated heterocycles. The van der Waals surface area contributed by atoms with Gasteiger partial charge in [0.15, 0.2) is 11.6 Å². The Morgan fingerprint density at radius 2 is 2.12 bits per heavy atom. The molecule has 0 aromatic heterocycles. The quantitative estimate of drug-likeness (QED) is 0.502. The number of nitro benzene ring substituents is 1. The number of alkyl halides is 1. The van der Waals surface area contributed by atoms with E-state index in [9.17, 15) is 18.9 Å². The lowest BCUT2D eigenvalue weighted by atomic mass is 10.3. The zero-order valence-corrected chi connectivity index (χ0v) is 9.16. The first kappa shape index (κ1) is 13.6. The van der Waals surface area contributed by atoms with Gasteiger partial charge in [0.25, 0.3) is 0 Å². The largest absolute Gasteiger partial charge is 0.488 e. The summed E-state index contributed by atoms with van der Waals surface area (Å²) in [5, 5.41) is 19.3. The molecule has 0 bridgehead atoms. The fraction of sp³-hybridized carbons (Fsp3) is 0.333. The first-order chi connectivity index (χ1) is 7.95. The summed E-state index contributed by atoms with van der Waals surface area (Å²) in [5.74, 6) is -2.94. The minimum absolute atomic E-state index is 0.128. The molecule has 8 heteroatoms. The van der Waals surface area contributed by atoms with Gasteiger partial charge in [-0.2, -0.15) is 4.39 Å². The van der Waals surface area contributed by atoms with Crippen LogP contribution in [0.15, 0.2) is 12.1 Å². The lowest BCUT2D eigenvalue weighted by Crippen LogP contribution is -2.19. The Bertz CT molecular complexity index is 430. The average molecular weight is 268 g/mol. The number of nitro groups is 1. The van der Waals surface area contributed by atoms with E-state index in [0.29, 0.717) is 12.1 Å². The van der Waals surface area contributed by atoms with Crippen LogP contribution in [0.1, 0.15) is 0 Å². The summed E-state index contributed by atoms with van der Waals surface area (Å²) < 4.78 is 31.1. The Balaban J connectivity index is 2.88. The smallest absolute Gasteiger partial charge is 0.307 e. The van der Waals surface area contributed by atoms with Crippen molar-refractivity contribution in [3.63, 3.8) is 0 Å². The first-order valence-electron chi connectivity index (χ1n) is 4.46. The summed E-state index contributed by atoms with van der Waals surface area (Å²) in [6.07, 6.45) is -1.03. The molecule has 0 aliphatic rings. The number of aliphatic hydroxyl groups is 1. The second-order valence-corrected chi connectivity index (χ2v) is 3.42. The van der Waals surface area contributed by atoms with Crippen LogP contribution in [0, 0.1) is 21.7 Å². The van der Waals surface area contributed by atoms with Crippen LogP contribution in [0.2, 0.25) is 0 Å². The van der Waals surface area contributed by atoms with Crippen molar-refractivity contribution in [3.05, 3.63) is 33.9 Å². The standard InChI is InChI=1S/C9H8ClF2NO4/c10-3-5(14)4-17-9-2-6(11)8(13(15)16)1-7(9)12/h1-2,5,14H,3-4H2. The van der Waals surface area contributed by atoms with Crippen molar-refractivity contribution in [1.82, 2.24) is 0 Å². The molecule has 1 atom stereocenters. The van der Waals surface area contributed by atoms with E-state index in [1.807, 2.05) is 0 Å². The molecule has 0 saturated carbocycles. The summed E-state index contributed by atoms with van der Waals surface area (Å²) in [7, 11) is 0. The van der Waals surface area contributed by atoms with Gasteiger partial charge in [0.1, 0.15) is 12.7 Å². The second-order valence-electron chi connectivity index (χ2n) is 3.11. The number of aliphatic hydroxyl groups excluding tert-OH is 1. The highest BCUT2D eigenvalue weighted by Gasteiger charge is 2.19. The molecule has 0 heterocycles. The molecule has 0 aliphatic carbocycles. The van der Waals surface area contributed by atoms with Crippen molar-refractivity contribution in [2.75, 3.05) is 12.5 Å². The third-order valence-electron chi connectivity index (χ3n) is 1.81. The number of rotatable bonds is 5. The van der Waals surface area contributed by atoms with Crippen LogP contribution in [0.3, 0.4) is 0 Å². The van der Waals surface area contributed by atoms with Crippen molar-refractivity contribution in [3.8, 4) is 5.75 Å². The molecule has 17 heavy (non-hydrogen) atoms. The molecule has 0 amide bonds. The fourth-order valence-corrected chi connectivity index (χ4v) is 1.09. The summed E-state index contributed by atoms with van der Waals surface area (Å²) in [6.45, 7) is -0.336. The monoisotopic (exact) mass is 267 g/mol.